The average Bonchev–Trinajstić information content (AvgIpc) is 2.89. The van der Waals surface area contributed by atoms with Gasteiger partial charge in [0.2, 0.25) is 11.8 Å². The SMILES string of the molecule is CC(C)(C)NC(=O)NCCCC(=O)NCC(=O)NC(CC(=O)O)c1ccc(-c2ccccc2)cc1.O=C(O)C(F)(F)F. The first-order valence-electron chi connectivity index (χ1n) is 12.8. The molecule has 2 aromatic rings. The molecular weight excluding hydrogens is 561 g/mol. The van der Waals surface area contributed by atoms with Crippen LogP contribution in [0.15, 0.2) is 54.6 Å². The summed E-state index contributed by atoms with van der Waals surface area (Å²) in [4.78, 5) is 56.3. The van der Waals surface area contributed by atoms with Crippen LogP contribution in [0.4, 0.5) is 18.0 Å². The Morgan fingerprint density at radius 1 is 0.810 bits per heavy atom. The smallest absolute Gasteiger partial charge is 0.481 e. The van der Waals surface area contributed by atoms with Crippen LogP contribution in [0.25, 0.3) is 11.1 Å². The fraction of sp³-hybridized carbons (Fsp3) is 0.393. The number of urea groups is 1. The molecule has 14 heteroatoms. The summed E-state index contributed by atoms with van der Waals surface area (Å²) >= 11 is 0. The van der Waals surface area contributed by atoms with Crippen molar-refractivity contribution in [3.8, 4) is 11.1 Å². The zero-order valence-electron chi connectivity index (χ0n) is 23.4. The molecule has 1 atom stereocenters. The predicted molar refractivity (Wildman–Crippen MR) is 147 cm³/mol. The minimum Gasteiger partial charge on any atom is -0.481 e. The molecule has 0 aliphatic carbocycles. The van der Waals surface area contributed by atoms with Crippen LogP contribution < -0.4 is 21.3 Å². The second kappa shape index (κ2) is 16.6. The highest BCUT2D eigenvalue weighted by Gasteiger charge is 2.38. The normalized spacial score (nSPS) is 11.7. The van der Waals surface area contributed by atoms with Crippen LogP contribution in [-0.2, 0) is 19.2 Å². The topological polar surface area (TPSA) is 174 Å². The van der Waals surface area contributed by atoms with Crippen LogP contribution >= 0.6 is 0 Å². The summed E-state index contributed by atoms with van der Waals surface area (Å²) < 4.78 is 31.7. The lowest BCUT2D eigenvalue weighted by molar-refractivity contribution is -0.192. The van der Waals surface area contributed by atoms with Crippen molar-refractivity contribution in [3.63, 3.8) is 0 Å². The number of hydrogen-bond donors (Lipinski definition) is 6. The molecule has 0 fully saturated rings. The van der Waals surface area contributed by atoms with Gasteiger partial charge >= 0.3 is 24.1 Å². The summed E-state index contributed by atoms with van der Waals surface area (Å²) in [6.07, 6.45) is -4.81. The summed E-state index contributed by atoms with van der Waals surface area (Å²) in [6.45, 7) is 5.65. The van der Waals surface area contributed by atoms with Crippen molar-refractivity contribution in [2.45, 2.75) is 57.8 Å². The third-order valence-corrected chi connectivity index (χ3v) is 5.18. The van der Waals surface area contributed by atoms with E-state index in [1.165, 1.54) is 0 Å². The number of alkyl halides is 3. The Labute approximate surface area is 240 Å². The quantitative estimate of drug-likeness (QED) is 0.215. The number of nitrogens with one attached hydrogen (secondary N) is 4. The standard InChI is InChI=1S/C26H34N4O5.C2HF3O2/c1-26(2,3)30-25(35)27-15-7-10-22(31)28-17-23(32)29-21(16-24(33)34)20-13-11-19(12-14-20)18-8-5-4-6-9-18;3-2(4,5)1(6)7/h4-6,8-9,11-14,21H,7,10,15-17H2,1-3H3,(H,28,31)(H,29,32)(H,33,34)(H2,27,30,35);(H,6,7). The van der Waals surface area contributed by atoms with Crippen molar-refractivity contribution in [1.82, 2.24) is 21.3 Å². The molecule has 6 N–H and O–H groups in total. The zero-order valence-corrected chi connectivity index (χ0v) is 23.4. The Morgan fingerprint density at radius 2 is 1.36 bits per heavy atom. The van der Waals surface area contributed by atoms with Gasteiger partial charge in [0.25, 0.3) is 0 Å². The van der Waals surface area contributed by atoms with Crippen molar-refractivity contribution in [3.05, 3.63) is 60.2 Å². The van der Waals surface area contributed by atoms with Gasteiger partial charge in [0, 0.05) is 18.5 Å². The predicted octanol–water partition coefficient (Wildman–Crippen LogP) is 3.61. The van der Waals surface area contributed by atoms with E-state index in [1.807, 2.05) is 63.2 Å². The fourth-order valence-electron chi connectivity index (χ4n) is 3.31. The van der Waals surface area contributed by atoms with E-state index in [0.717, 1.165) is 11.1 Å². The fourth-order valence-corrected chi connectivity index (χ4v) is 3.31. The summed E-state index contributed by atoms with van der Waals surface area (Å²) in [5, 5.41) is 27.0. The molecule has 0 heterocycles. The Kier molecular flexibility index (Phi) is 14.0. The molecule has 2 rings (SSSR count). The molecule has 0 saturated carbocycles. The lowest BCUT2D eigenvalue weighted by Crippen LogP contribution is -2.46. The van der Waals surface area contributed by atoms with Crippen LogP contribution in [-0.4, -0.2) is 64.8 Å². The number of carboxylic acid groups (broad SMARTS) is 2. The van der Waals surface area contributed by atoms with Crippen LogP contribution in [0, 0.1) is 0 Å². The maximum absolute atomic E-state index is 12.4. The molecule has 230 valence electrons. The van der Waals surface area contributed by atoms with Crippen molar-refractivity contribution < 1.29 is 47.4 Å². The van der Waals surface area contributed by atoms with Crippen LogP contribution in [0.3, 0.4) is 0 Å². The lowest BCUT2D eigenvalue weighted by Gasteiger charge is -2.20. The number of amides is 4. The number of carbonyl (C=O) groups excluding carboxylic acids is 3. The Hall–Kier alpha value is -4.62. The average molecular weight is 597 g/mol. The first-order valence-corrected chi connectivity index (χ1v) is 12.8. The summed E-state index contributed by atoms with van der Waals surface area (Å²) in [6, 6.07) is 16.1. The van der Waals surface area contributed by atoms with Gasteiger partial charge in [-0.1, -0.05) is 54.6 Å². The molecule has 0 bridgehead atoms. The van der Waals surface area contributed by atoms with Gasteiger partial charge in [-0.15, -0.1) is 0 Å². The van der Waals surface area contributed by atoms with E-state index in [1.54, 1.807) is 12.1 Å². The first kappa shape index (κ1) is 35.4. The van der Waals surface area contributed by atoms with Gasteiger partial charge in [-0.05, 0) is 43.9 Å². The molecule has 2 aromatic carbocycles. The largest absolute Gasteiger partial charge is 0.490 e. The molecule has 0 saturated heterocycles. The second-order valence-electron chi connectivity index (χ2n) is 10.0. The van der Waals surface area contributed by atoms with Crippen molar-refractivity contribution in [1.29, 1.82) is 0 Å². The number of carbonyl (C=O) groups is 5. The number of halogens is 3. The van der Waals surface area contributed by atoms with Gasteiger partial charge in [-0.2, -0.15) is 13.2 Å². The van der Waals surface area contributed by atoms with E-state index in [2.05, 4.69) is 21.3 Å². The number of benzene rings is 2. The molecule has 0 aliphatic rings. The molecular formula is C28H35F3N4O7. The Balaban J connectivity index is 0.00000112. The van der Waals surface area contributed by atoms with Crippen molar-refractivity contribution in [2.24, 2.45) is 0 Å². The number of hydrogen-bond acceptors (Lipinski definition) is 5. The van der Waals surface area contributed by atoms with Gasteiger partial charge in [0.1, 0.15) is 0 Å². The first-order chi connectivity index (χ1) is 19.5. The van der Waals surface area contributed by atoms with E-state index in [0.29, 0.717) is 18.5 Å². The molecule has 1 unspecified atom stereocenters. The number of carboxylic acids is 2. The Bertz CT molecular complexity index is 1200. The molecule has 0 aliphatic heterocycles. The van der Waals surface area contributed by atoms with Crippen LogP contribution in [0.2, 0.25) is 0 Å². The molecule has 0 radical (unpaired) electrons. The van der Waals surface area contributed by atoms with Crippen molar-refractivity contribution >= 4 is 29.8 Å². The minimum atomic E-state index is -5.08. The van der Waals surface area contributed by atoms with Gasteiger partial charge in [-0.25, -0.2) is 9.59 Å². The number of aliphatic carboxylic acids is 2. The minimum absolute atomic E-state index is 0.141. The monoisotopic (exact) mass is 596 g/mol. The van der Waals surface area contributed by atoms with Gasteiger partial charge in [-0.3, -0.25) is 14.4 Å². The summed E-state index contributed by atoms with van der Waals surface area (Å²) in [5.41, 5.74) is 2.32. The van der Waals surface area contributed by atoms with Crippen LogP contribution in [0.5, 0.6) is 0 Å². The third-order valence-electron chi connectivity index (χ3n) is 5.18. The zero-order chi connectivity index (χ0) is 31.9. The third kappa shape index (κ3) is 15.2. The van der Waals surface area contributed by atoms with Gasteiger partial charge in [0.15, 0.2) is 0 Å². The van der Waals surface area contributed by atoms with E-state index in [9.17, 15) is 37.5 Å². The van der Waals surface area contributed by atoms with E-state index in [4.69, 9.17) is 9.90 Å². The Morgan fingerprint density at radius 3 is 1.86 bits per heavy atom. The number of rotatable bonds is 11. The van der Waals surface area contributed by atoms with Crippen LogP contribution in [0.1, 0.15) is 51.6 Å². The van der Waals surface area contributed by atoms with E-state index < -0.39 is 30.1 Å². The second-order valence-corrected chi connectivity index (χ2v) is 10.0. The molecule has 42 heavy (non-hydrogen) atoms. The molecule has 11 nitrogen and oxygen atoms in total. The summed E-state index contributed by atoms with van der Waals surface area (Å²) in [7, 11) is 0. The van der Waals surface area contributed by atoms with Gasteiger partial charge < -0.3 is 31.5 Å². The highest BCUT2D eigenvalue weighted by atomic mass is 19.4. The van der Waals surface area contributed by atoms with E-state index >= 15 is 0 Å². The van der Waals surface area contributed by atoms with Crippen molar-refractivity contribution in [2.75, 3.05) is 13.1 Å². The molecule has 0 spiro atoms. The summed E-state index contributed by atoms with van der Waals surface area (Å²) in [5.74, 6) is -4.62. The highest BCUT2D eigenvalue weighted by Crippen LogP contribution is 2.23. The van der Waals surface area contributed by atoms with Gasteiger partial charge in [0.05, 0.1) is 19.0 Å². The van der Waals surface area contributed by atoms with E-state index in [-0.39, 0.29) is 36.9 Å². The molecule has 0 aromatic heterocycles. The maximum Gasteiger partial charge on any atom is 0.490 e. The maximum atomic E-state index is 12.4. The highest BCUT2D eigenvalue weighted by molar-refractivity contribution is 5.85. The molecule has 4 amide bonds. The lowest BCUT2D eigenvalue weighted by atomic mass is 9.99.